The lowest BCUT2D eigenvalue weighted by Gasteiger charge is -2.16. The Balaban J connectivity index is 2.21. The topological polar surface area (TPSA) is 73.1 Å². The average molecular weight is 272 g/mol. The van der Waals surface area contributed by atoms with Gasteiger partial charge in [0.15, 0.2) is 0 Å². The van der Waals surface area contributed by atoms with Gasteiger partial charge in [-0.1, -0.05) is 12.1 Å². The maximum atomic E-state index is 5.64. The molecule has 1 atom stereocenters. The van der Waals surface area contributed by atoms with Gasteiger partial charge in [0.25, 0.3) is 0 Å². The smallest absolute Gasteiger partial charge is 0.119 e. The standard InChI is InChI=1S/C15H20N4O/c1-10(2)20-13-6-4-12(5-7-13)15(19-16)14-9-17-11(3)8-18-14/h4-10,15,19H,16H2,1-3H3. The fourth-order valence-electron chi connectivity index (χ4n) is 1.92. The average Bonchev–Trinajstić information content (AvgIpc) is 2.43. The molecule has 2 aromatic rings. The van der Waals surface area contributed by atoms with E-state index in [4.69, 9.17) is 10.6 Å². The van der Waals surface area contributed by atoms with E-state index in [-0.39, 0.29) is 12.1 Å². The zero-order chi connectivity index (χ0) is 14.5. The zero-order valence-electron chi connectivity index (χ0n) is 12.0. The number of ether oxygens (including phenoxy) is 1. The van der Waals surface area contributed by atoms with Crippen LogP contribution in [0, 0.1) is 6.92 Å². The minimum Gasteiger partial charge on any atom is -0.491 e. The molecule has 1 aromatic heterocycles. The van der Waals surface area contributed by atoms with E-state index in [1.54, 1.807) is 12.4 Å². The van der Waals surface area contributed by atoms with Gasteiger partial charge in [-0.05, 0) is 38.5 Å². The number of hydrogen-bond donors (Lipinski definition) is 2. The molecule has 1 unspecified atom stereocenters. The Morgan fingerprint density at radius 2 is 1.80 bits per heavy atom. The summed E-state index contributed by atoms with van der Waals surface area (Å²) in [6.45, 7) is 5.90. The third kappa shape index (κ3) is 3.53. The van der Waals surface area contributed by atoms with Gasteiger partial charge < -0.3 is 4.74 Å². The van der Waals surface area contributed by atoms with E-state index < -0.39 is 0 Å². The maximum Gasteiger partial charge on any atom is 0.119 e. The second-order valence-electron chi connectivity index (χ2n) is 4.92. The molecular weight excluding hydrogens is 252 g/mol. The van der Waals surface area contributed by atoms with Gasteiger partial charge in [0.2, 0.25) is 0 Å². The number of aromatic nitrogens is 2. The Morgan fingerprint density at radius 1 is 1.10 bits per heavy atom. The van der Waals surface area contributed by atoms with Crippen molar-refractivity contribution in [2.45, 2.75) is 32.9 Å². The Kier molecular flexibility index (Phi) is 4.65. The van der Waals surface area contributed by atoms with E-state index in [1.165, 1.54) is 0 Å². The predicted octanol–water partition coefficient (Wildman–Crippen LogP) is 2.12. The fourth-order valence-corrected chi connectivity index (χ4v) is 1.92. The second kappa shape index (κ2) is 6.45. The normalized spacial score (nSPS) is 12.4. The molecule has 0 saturated carbocycles. The molecule has 2 rings (SSSR count). The molecule has 0 aliphatic rings. The summed E-state index contributed by atoms with van der Waals surface area (Å²) in [5.41, 5.74) is 5.45. The highest BCUT2D eigenvalue weighted by Crippen LogP contribution is 2.22. The minimum absolute atomic E-state index is 0.159. The summed E-state index contributed by atoms with van der Waals surface area (Å²) < 4.78 is 5.62. The van der Waals surface area contributed by atoms with Crippen LogP contribution in [0.2, 0.25) is 0 Å². The first-order valence-corrected chi connectivity index (χ1v) is 6.61. The van der Waals surface area contributed by atoms with E-state index in [1.807, 2.05) is 45.0 Å². The lowest BCUT2D eigenvalue weighted by atomic mass is 10.0. The molecule has 1 heterocycles. The van der Waals surface area contributed by atoms with Crippen molar-refractivity contribution in [1.29, 1.82) is 0 Å². The summed E-state index contributed by atoms with van der Waals surface area (Å²) in [5, 5.41) is 0. The highest BCUT2D eigenvalue weighted by Gasteiger charge is 2.14. The van der Waals surface area contributed by atoms with Crippen LogP contribution in [0.5, 0.6) is 5.75 Å². The summed E-state index contributed by atoms with van der Waals surface area (Å²) >= 11 is 0. The Morgan fingerprint density at radius 3 is 2.30 bits per heavy atom. The van der Waals surface area contributed by atoms with Crippen molar-refractivity contribution in [2.75, 3.05) is 0 Å². The molecule has 106 valence electrons. The van der Waals surface area contributed by atoms with E-state index in [2.05, 4.69) is 15.4 Å². The monoisotopic (exact) mass is 272 g/mol. The van der Waals surface area contributed by atoms with Crippen molar-refractivity contribution in [1.82, 2.24) is 15.4 Å². The largest absolute Gasteiger partial charge is 0.491 e. The van der Waals surface area contributed by atoms with Gasteiger partial charge in [0.05, 0.1) is 29.7 Å². The number of aryl methyl sites for hydroxylation is 1. The van der Waals surface area contributed by atoms with Crippen LogP contribution in [0.4, 0.5) is 0 Å². The lowest BCUT2D eigenvalue weighted by molar-refractivity contribution is 0.242. The van der Waals surface area contributed by atoms with Crippen molar-refractivity contribution in [2.24, 2.45) is 5.84 Å². The van der Waals surface area contributed by atoms with E-state index >= 15 is 0 Å². The quantitative estimate of drug-likeness (QED) is 0.644. The van der Waals surface area contributed by atoms with E-state index in [9.17, 15) is 0 Å². The van der Waals surface area contributed by atoms with Crippen molar-refractivity contribution in [3.8, 4) is 5.75 Å². The first-order valence-electron chi connectivity index (χ1n) is 6.61. The summed E-state index contributed by atoms with van der Waals surface area (Å²) in [6, 6.07) is 7.63. The number of nitrogens with zero attached hydrogens (tertiary/aromatic N) is 2. The molecular formula is C15H20N4O. The van der Waals surface area contributed by atoms with Gasteiger partial charge in [-0.15, -0.1) is 0 Å². The van der Waals surface area contributed by atoms with Crippen LogP contribution >= 0.6 is 0 Å². The maximum absolute atomic E-state index is 5.64. The second-order valence-corrected chi connectivity index (χ2v) is 4.92. The SMILES string of the molecule is Cc1cnc(C(NN)c2ccc(OC(C)C)cc2)cn1. The molecule has 0 fully saturated rings. The number of rotatable bonds is 5. The minimum atomic E-state index is -0.184. The third-order valence-corrected chi connectivity index (χ3v) is 2.85. The molecule has 5 heteroatoms. The molecule has 3 N–H and O–H groups in total. The molecule has 5 nitrogen and oxygen atoms in total. The molecule has 0 bridgehead atoms. The highest BCUT2D eigenvalue weighted by molar-refractivity contribution is 5.32. The van der Waals surface area contributed by atoms with Crippen molar-refractivity contribution < 1.29 is 4.74 Å². The molecule has 1 aromatic carbocycles. The summed E-state index contributed by atoms with van der Waals surface area (Å²) in [5.74, 6) is 6.49. The van der Waals surface area contributed by atoms with E-state index in [0.717, 1.165) is 22.7 Å². The molecule has 0 aliphatic carbocycles. The van der Waals surface area contributed by atoms with Crippen LogP contribution in [-0.2, 0) is 0 Å². The summed E-state index contributed by atoms with van der Waals surface area (Å²) in [4.78, 5) is 8.61. The van der Waals surface area contributed by atoms with Gasteiger partial charge in [0, 0.05) is 6.20 Å². The van der Waals surface area contributed by atoms with Gasteiger partial charge in [-0.2, -0.15) is 0 Å². The van der Waals surface area contributed by atoms with Gasteiger partial charge in [-0.25, -0.2) is 5.43 Å². The van der Waals surface area contributed by atoms with Crippen LogP contribution in [0.25, 0.3) is 0 Å². The van der Waals surface area contributed by atoms with Crippen LogP contribution in [0.3, 0.4) is 0 Å². The molecule has 0 amide bonds. The van der Waals surface area contributed by atoms with Crippen LogP contribution in [0.1, 0.15) is 36.8 Å². The van der Waals surface area contributed by atoms with Gasteiger partial charge in [-0.3, -0.25) is 15.8 Å². The highest BCUT2D eigenvalue weighted by atomic mass is 16.5. The molecule has 0 saturated heterocycles. The summed E-state index contributed by atoms with van der Waals surface area (Å²) in [6.07, 6.45) is 3.63. The Hall–Kier alpha value is -1.98. The first-order chi connectivity index (χ1) is 9.60. The Bertz CT molecular complexity index is 537. The zero-order valence-corrected chi connectivity index (χ0v) is 12.0. The van der Waals surface area contributed by atoms with Crippen LogP contribution in [-0.4, -0.2) is 16.1 Å². The number of hydrogen-bond acceptors (Lipinski definition) is 5. The molecule has 0 aliphatic heterocycles. The first kappa shape index (κ1) is 14.4. The fraction of sp³-hybridized carbons (Fsp3) is 0.333. The van der Waals surface area contributed by atoms with Crippen molar-refractivity contribution in [3.63, 3.8) is 0 Å². The number of benzene rings is 1. The van der Waals surface area contributed by atoms with Crippen LogP contribution < -0.4 is 16.0 Å². The van der Waals surface area contributed by atoms with E-state index in [0.29, 0.717) is 0 Å². The van der Waals surface area contributed by atoms with Crippen molar-refractivity contribution >= 4 is 0 Å². The number of hydrazine groups is 1. The van der Waals surface area contributed by atoms with Crippen LogP contribution in [0.15, 0.2) is 36.7 Å². The van der Waals surface area contributed by atoms with Gasteiger partial charge >= 0.3 is 0 Å². The molecule has 0 spiro atoms. The molecule has 0 radical (unpaired) electrons. The molecule has 20 heavy (non-hydrogen) atoms. The summed E-state index contributed by atoms with van der Waals surface area (Å²) in [7, 11) is 0. The van der Waals surface area contributed by atoms with Crippen molar-refractivity contribution in [3.05, 3.63) is 53.6 Å². The number of nitrogens with two attached hydrogens (primary N) is 1. The lowest BCUT2D eigenvalue weighted by Crippen LogP contribution is -2.29. The van der Waals surface area contributed by atoms with Gasteiger partial charge in [0.1, 0.15) is 5.75 Å². The predicted molar refractivity (Wildman–Crippen MR) is 78.1 cm³/mol. The Labute approximate surface area is 119 Å². The number of nitrogens with one attached hydrogen (secondary N) is 1. The third-order valence-electron chi connectivity index (χ3n) is 2.85.